The molecular weight excluding hydrogens is 467 g/mol. The van der Waals surface area contributed by atoms with Crippen LogP contribution >= 0.6 is 0 Å². The van der Waals surface area contributed by atoms with Crippen molar-refractivity contribution >= 4 is 0 Å². The van der Waals surface area contributed by atoms with Crippen LogP contribution in [0, 0.1) is 23.5 Å². The number of phenols is 1. The van der Waals surface area contributed by atoms with Crippen LogP contribution < -0.4 is 4.74 Å². The minimum absolute atomic E-state index is 0.0689. The minimum atomic E-state index is -1.39. The highest BCUT2D eigenvalue weighted by molar-refractivity contribution is 5.50. The molecule has 0 fully saturated rings. The highest BCUT2D eigenvalue weighted by Crippen LogP contribution is 2.31. The molecule has 0 saturated heterocycles. The van der Waals surface area contributed by atoms with E-state index in [2.05, 4.69) is 26.3 Å². The molecule has 2 unspecified atom stereocenters. The minimum Gasteiger partial charge on any atom is -0.505 e. The summed E-state index contributed by atoms with van der Waals surface area (Å²) >= 11 is 0. The Morgan fingerprint density at radius 1 is 1.00 bits per heavy atom. The summed E-state index contributed by atoms with van der Waals surface area (Å²) in [6.45, 7) is 19.2. The Morgan fingerprint density at radius 2 is 1.63 bits per heavy atom. The van der Waals surface area contributed by atoms with Crippen molar-refractivity contribution in [3.63, 3.8) is 0 Å². The van der Waals surface area contributed by atoms with Crippen LogP contribution in [0.25, 0.3) is 0 Å². The fraction of sp³-hybridized carbons (Fsp3) is 0.333. The number of phenolic OH excluding ortho intramolecular Hbond substituents is 1. The maximum Gasteiger partial charge on any atom is 0.204 e. The predicted molar refractivity (Wildman–Crippen MR) is 128 cm³/mol. The zero-order valence-corrected chi connectivity index (χ0v) is 20.2. The summed E-state index contributed by atoms with van der Waals surface area (Å²) in [5.41, 5.74) is -0.511. The maximum absolute atomic E-state index is 14.7. The highest BCUT2D eigenvalue weighted by atomic mass is 19.2. The molecule has 0 spiro atoms. The number of hydrogen-bond donors (Lipinski definition) is 1. The fourth-order valence-corrected chi connectivity index (χ4v) is 2.86. The van der Waals surface area contributed by atoms with Crippen molar-refractivity contribution < 1.29 is 36.5 Å². The molecule has 3 nitrogen and oxygen atoms in total. The Bertz CT molecular complexity index is 1040. The van der Waals surface area contributed by atoms with Gasteiger partial charge in [-0.15, -0.1) is 0 Å². The first-order chi connectivity index (χ1) is 16.3. The summed E-state index contributed by atoms with van der Waals surface area (Å²) in [7, 11) is 0. The molecule has 8 heteroatoms. The molecule has 0 amide bonds. The van der Waals surface area contributed by atoms with E-state index in [-0.39, 0.29) is 41.9 Å². The van der Waals surface area contributed by atoms with Gasteiger partial charge in [-0.2, -0.15) is 13.2 Å². The summed E-state index contributed by atoms with van der Waals surface area (Å²) in [5.74, 6) is -8.16. The number of halogens is 5. The van der Waals surface area contributed by atoms with Crippen molar-refractivity contribution in [1.82, 2.24) is 0 Å². The van der Waals surface area contributed by atoms with Crippen LogP contribution in [0.4, 0.5) is 22.0 Å². The van der Waals surface area contributed by atoms with Gasteiger partial charge in [-0.25, -0.2) is 8.78 Å². The van der Waals surface area contributed by atoms with Gasteiger partial charge in [0.2, 0.25) is 17.5 Å². The van der Waals surface area contributed by atoms with Crippen molar-refractivity contribution in [1.29, 1.82) is 0 Å². The average molecular weight is 499 g/mol. The summed E-state index contributed by atoms with van der Waals surface area (Å²) in [4.78, 5) is 0. The molecular formula is C27H31F5O3. The molecule has 0 radical (unpaired) electrons. The van der Waals surface area contributed by atoms with E-state index in [1.54, 1.807) is 13.8 Å². The van der Waals surface area contributed by atoms with Crippen LogP contribution in [0.2, 0.25) is 0 Å². The van der Waals surface area contributed by atoms with Gasteiger partial charge in [0.05, 0.1) is 13.2 Å². The van der Waals surface area contributed by atoms with Crippen LogP contribution in [0.15, 0.2) is 84.5 Å². The second-order valence-corrected chi connectivity index (χ2v) is 8.11. The molecule has 1 N–H and O–H groups in total. The number of ether oxygens (including phenoxy) is 2. The van der Waals surface area contributed by atoms with Gasteiger partial charge < -0.3 is 14.6 Å². The molecule has 1 aromatic rings. The molecule has 0 saturated carbocycles. The standard InChI is InChI=1S/C27H31F5O3/c1-8-34-20(7)25(30)24(29)19(6)17(4)13-21(28)18(5)16(3)10-9-15(2)14-35-23-12-11-22(33)26(31)27(23)32/h11-13,15-16,33H,4-10,14H2,1-3H3/b21-13+,25-24-. The van der Waals surface area contributed by atoms with E-state index in [9.17, 15) is 22.0 Å². The molecule has 0 aliphatic carbocycles. The third-order valence-corrected chi connectivity index (χ3v) is 5.25. The smallest absolute Gasteiger partial charge is 0.204 e. The van der Waals surface area contributed by atoms with Crippen molar-refractivity contribution in [3.8, 4) is 11.5 Å². The molecule has 0 aliphatic heterocycles. The SMILES string of the molecule is C=C(/C=C(/F)C(=C)C(C)CCC(C)COc1ccc(O)c(F)c1F)C(=C)/C(F)=C(/F)C(=C)OCC. The van der Waals surface area contributed by atoms with E-state index in [4.69, 9.17) is 14.6 Å². The zero-order chi connectivity index (χ0) is 26.9. The third-order valence-electron chi connectivity index (χ3n) is 5.25. The average Bonchev–Trinajstić information content (AvgIpc) is 2.83. The van der Waals surface area contributed by atoms with Gasteiger partial charge in [0.15, 0.2) is 23.1 Å². The number of benzene rings is 1. The fourth-order valence-electron chi connectivity index (χ4n) is 2.86. The molecule has 35 heavy (non-hydrogen) atoms. The van der Waals surface area contributed by atoms with Gasteiger partial charge in [0.1, 0.15) is 5.83 Å². The Hall–Kier alpha value is -3.29. The second-order valence-electron chi connectivity index (χ2n) is 8.11. The number of rotatable bonds is 14. The Kier molecular flexibility index (Phi) is 11.5. The van der Waals surface area contributed by atoms with Crippen LogP contribution in [0.1, 0.15) is 33.6 Å². The lowest BCUT2D eigenvalue weighted by Crippen LogP contribution is -2.12. The Labute approximate surface area is 203 Å². The summed E-state index contributed by atoms with van der Waals surface area (Å²) in [6.07, 6.45) is 1.96. The monoisotopic (exact) mass is 498 g/mol. The van der Waals surface area contributed by atoms with E-state index in [0.717, 1.165) is 18.2 Å². The maximum atomic E-state index is 14.7. The van der Waals surface area contributed by atoms with Crippen LogP contribution in [0.3, 0.4) is 0 Å². The van der Waals surface area contributed by atoms with Gasteiger partial charge in [-0.3, -0.25) is 0 Å². The van der Waals surface area contributed by atoms with E-state index in [1.165, 1.54) is 0 Å². The topological polar surface area (TPSA) is 38.7 Å². The van der Waals surface area contributed by atoms with E-state index >= 15 is 0 Å². The van der Waals surface area contributed by atoms with Crippen molar-refractivity contribution in [2.45, 2.75) is 33.6 Å². The molecule has 0 aliphatic rings. The van der Waals surface area contributed by atoms with Gasteiger partial charge in [0, 0.05) is 5.57 Å². The molecule has 2 atom stereocenters. The quantitative estimate of drug-likeness (QED) is 0.159. The Balaban J connectivity index is 2.67. The Morgan fingerprint density at radius 3 is 2.23 bits per heavy atom. The van der Waals surface area contributed by atoms with Crippen LogP contribution in [-0.4, -0.2) is 18.3 Å². The molecule has 192 valence electrons. The van der Waals surface area contributed by atoms with Gasteiger partial charge in [-0.1, -0.05) is 40.2 Å². The van der Waals surface area contributed by atoms with Crippen LogP contribution in [-0.2, 0) is 4.74 Å². The first-order valence-corrected chi connectivity index (χ1v) is 10.9. The molecule has 1 rings (SSSR count). The van der Waals surface area contributed by atoms with Gasteiger partial charge >= 0.3 is 0 Å². The summed E-state index contributed by atoms with van der Waals surface area (Å²) in [5, 5.41) is 9.15. The number of hydrogen-bond acceptors (Lipinski definition) is 3. The molecule has 1 aromatic carbocycles. The van der Waals surface area contributed by atoms with Crippen molar-refractivity contribution in [2.75, 3.05) is 13.2 Å². The highest BCUT2D eigenvalue weighted by Gasteiger charge is 2.19. The van der Waals surface area contributed by atoms with E-state index in [0.29, 0.717) is 12.8 Å². The number of allylic oxidation sites excluding steroid dienone is 7. The lowest BCUT2D eigenvalue weighted by atomic mass is 9.91. The first-order valence-electron chi connectivity index (χ1n) is 10.9. The van der Waals surface area contributed by atoms with Gasteiger partial charge in [0.25, 0.3) is 0 Å². The van der Waals surface area contributed by atoms with E-state index < -0.39 is 46.2 Å². The molecule has 0 bridgehead atoms. The summed E-state index contributed by atoms with van der Waals surface area (Å²) in [6, 6.07) is 2.12. The number of aromatic hydroxyl groups is 1. The first kappa shape index (κ1) is 29.7. The normalized spacial score (nSPS) is 14.0. The van der Waals surface area contributed by atoms with Gasteiger partial charge in [-0.05, 0) is 61.0 Å². The summed E-state index contributed by atoms with van der Waals surface area (Å²) < 4.78 is 80.2. The molecule has 0 aromatic heterocycles. The van der Waals surface area contributed by atoms with Crippen molar-refractivity contribution in [3.05, 3.63) is 96.1 Å². The molecule has 0 heterocycles. The van der Waals surface area contributed by atoms with Crippen LogP contribution in [0.5, 0.6) is 11.5 Å². The lowest BCUT2D eigenvalue weighted by molar-refractivity contribution is 0.224. The second kappa shape index (κ2) is 13.6. The zero-order valence-electron chi connectivity index (χ0n) is 20.2. The van der Waals surface area contributed by atoms with Crippen molar-refractivity contribution in [2.24, 2.45) is 11.8 Å². The largest absolute Gasteiger partial charge is 0.505 e. The van der Waals surface area contributed by atoms with E-state index in [1.807, 2.05) is 6.92 Å². The third kappa shape index (κ3) is 8.46. The predicted octanol–water partition coefficient (Wildman–Crippen LogP) is 8.32. The lowest BCUT2D eigenvalue weighted by Gasteiger charge is -2.18.